The predicted octanol–water partition coefficient (Wildman–Crippen LogP) is 4.13. The molecule has 0 saturated heterocycles. The second-order valence-corrected chi connectivity index (χ2v) is 7.05. The van der Waals surface area contributed by atoms with Gasteiger partial charge in [-0.25, -0.2) is 0 Å². The molecule has 3 aromatic rings. The molecule has 136 valence electrons. The van der Waals surface area contributed by atoms with Crippen molar-refractivity contribution in [2.24, 2.45) is 0 Å². The van der Waals surface area contributed by atoms with Crippen LogP contribution < -0.4 is 0 Å². The van der Waals surface area contributed by atoms with Crippen LogP contribution in [0.5, 0.6) is 0 Å². The van der Waals surface area contributed by atoms with Crippen molar-refractivity contribution in [1.29, 1.82) is 0 Å². The molecule has 0 fully saturated rings. The van der Waals surface area contributed by atoms with E-state index in [1.807, 2.05) is 24.3 Å². The van der Waals surface area contributed by atoms with Crippen molar-refractivity contribution in [2.75, 3.05) is 6.54 Å². The normalized spacial score (nSPS) is 13.3. The van der Waals surface area contributed by atoms with Crippen molar-refractivity contribution in [2.45, 2.75) is 19.9 Å². The topological polar surface area (TPSA) is 66.1 Å². The minimum atomic E-state index is -0.130. The molecule has 1 aliphatic heterocycles. The van der Waals surface area contributed by atoms with E-state index < -0.39 is 0 Å². The first kappa shape index (κ1) is 17.5. The van der Waals surface area contributed by atoms with E-state index in [0.717, 1.165) is 22.5 Å². The van der Waals surface area contributed by atoms with E-state index >= 15 is 0 Å². The number of nitrogens with one attached hydrogen (secondary N) is 1. The number of fused-ring (bicyclic) bond motifs is 1. The van der Waals surface area contributed by atoms with Gasteiger partial charge in [-0.05, 0) is 25.1 Å². The molecule has 0 aliphatic carbocycles. The van der Waals surface area contributed by atoms with Crippen LogP contribution in [0.15, 0.2) is 48.5 Å². The zero-order valence-electron chi connectivity index (χ0n) is 14.8. The SMILES string of the molecule is CC(=O)c1ccccc1C(=O)N1CCc2[nH]nc(-c3ccc(Cl)cc3)c2C1. The van der Waals surface area contributed by atoms with Gasteiger partial charge in [0.2, 0.25) is 0 Å². The number of aromatic nitrogens is 2. The highest BCUT2D eigenvalue weighted by molar-refractivity contribution is 6.30. The number of nitrogens with zero attached hydrogens (tertiary/aromatic N) is 2. The predicted molar refractivity (Wildman–Crippen MR) is 104 cm³/mol. The van der Waals surface area contributed by atoms with Crippen molar-refractivity contribution in [3.05, 3.63) is 75.9 Å². The molecule has 0 bridgehead atoms. The number of amides is 1. The molecule has 6 heteroatoms. The van der Waals surface area contributed by atoms with E-state index in [1.54, 1.807) is 29.2 Å². The van der Waals surface area contributed by atoms with Gasteiger partial charge in [0.05, 0.1) is 11.3 Å². The van der Waals surface area contributed by atoms with Gasteiger partial charge >= 0.3 is 0 Å². The molecule has 5 nitrogen and oxygen atoms in total. The Morgan fingerprint density at radius 2 is 1.78 bits per heavy atom. The summed E-state index contributed by atoms with van der Waals surface area (Å²) in [5, 5.41) is 8.21. The zero-order chi connectivity index (χ0) is 19.0. The van der Waals surface area contributed by atoms with Crippen LogP contribution >= 0.6 is 11.6 Å². The maximum atomic E-state index is 13.1. The summed E-state index contributed by atoms with van der Waals surface area (Å²) >= 11 is 5.98. The van der Waals surface area contributed by atoms with E-state index in [1.165, 1.54) is 6.92 Å². The largest absolute Gasteiger partial charge is 0.334 e. The Balaban J connectivity index is 1.66. The zero-order valence-corrected chi connectivity index (χ0v) is 15.6. The number of aromatic amines is 1. The number of halogens is 1. The first-order chi connectivity index (χ1) is 13.0. The molecule has 1 amide bonds. The summed E-state index contributed by atoms with van der Waals surface area (Å²) in [4.78, 5) is 26.7. The van der Waals surface area contributed by atoms with Gasteiger partial charge in [0.15, 0.2) is 5.78 Å². The molecule has 27 heavy (non-hydrogen) atoms. The minimum absolute atomic E-state index is 0.109. The standard InChI is InChI=1S/C21H18ClN3O2/c1-13(26)16-4-2-3-5-17(16)21(27)25-11-10-19-18(12-25)20(24-23-19)14-6-8-15(22)9-7-14/h2-9H,10-12H2,1H3,(H,23,24). The molecule has 2 aromatic carbocycles. The van der Waals surface area contributed by atoms with Crippen molar-refractivity contribution in [3.63, 3.8) is 0 Å². The van der Waals surface area contributed by atoms with Crippen molar-refractivity contribution in [1.82, 2.24) is 15.1 Å². The quantitative estimate of drug-likeness (QED) is 0.696. The number of H-pyrrole nitrogens is 1. The lowest BCUT2D eigenvalue weighted by Gasteiger charge is -2.28. The molecule has 0 saturated carbocycles. The van der Waals surface area contributed by atoms with Crippen molar-refractivity contribution in [3.8, 4) is 11.3 Å². The summed E-state index contributed by atoms with van der Waals surface area (Å²) in [6.45, 7) is 2.52. The summed E-state index contributed by atoms with van der Waals surface area (Å²) < 4.78 is 0. The average molecular weight is 380 g/mol. The Labute approximate surface area is 162 Å². The Bertz CT molecular complexity index is 1020. The lowest BCUT2D eigenvalue weighted by Crippen LogP contribution is -2.36. The Morgan fingerprint density at radius 3 is 2.48 bits per heavy atom. The monoisotopic (exact) mass is 379 g/mol. The molecular formula is C21H18ClN3O2. The maximum Gasteiger partial charge on any atom is 0.254 e. The fourth-order valence-corrected chi connectivity index (χ4v) is 3.59. The van der Waals surface area contributed by atoms with E-state index in [0.29, 0.717) is 35.7 Å². The summed E-state index contributed by atoms with van der Waals surface area (Å²) in [7, 11) is 0. The van der Waals surface area contributed by atoms with Crippen molar-refractivity contribution < 1.29 is 9.59 Å². The van der Waals surface area contributed by atoms with Crippen LogP contribution in [-0.4, -0.2) is 33.3 Å². The highest BCUT2D eigenvalue weighted by atomic mass is 35.5. The lowest BCUT2D eigenvalue weighted by molar-refractivity contribution is 0.0730. The minimum Gasteiger partial charge on any atom is -0.334 e. The van der Waals surface area contributed by atoms with Gasteiger partial charge in [0.25, 0.3) is 5.91 Å². The smallest absolute Gasteiger partial charge is 0.254 e. The highest BCUT2D eigenvalue weighted by Gasteiger charge is 2.27. The second kappa shape index (κ2) is 7.00. The molecule has 1 aliphatic rings. The molecule has 0 spiro atoms. The van der Waals surface area contributed by atoms with Gasteiger partial charge in [0.1, 0.15) is 0 Å². The fourth-order valence-electron chi connectivity index (χ4n) is 3.46. The van der Waals surface area contributed by atoms with Crippen LogP contribution in [0, 0.1) is 0 Å². The summed E-state index contributed by atoms with van der Waals surface area (Å²) in [5.41, 5.74) is 4.75. The van der Waals surface area contributed by atoms with E-state index in [-0.39, 0.29) is 11.7 Å². The van der Waals surface area contributed by atoms with E-state index in [9.17, 15) is 9.59 Å². The number of hydrogen-bond donors (Lipinski definition) is 1. The third kappa shape index (κ3) is 3.26. The van der Waals surface area contributed by atoms with Gasteiger partial charge in [-0.3, -0.25) is 14.7 Å². The Morgan fingerprint density at radius 1 is 1.07 bits per heavy atom. The molecule has 1 N–H and O–H groups in total. The van der Waals surface area contributed by atoms with Crippen LogP contribution in [0.25, 0.3) is 11.3 Å². The number of rotatable bonds is 3. The number of carbonyl (C=O) groups excluding carboxylic acids is 2. The second-order valence-electron chi connectivity index (χ2n) is 6.61. The summed E-state index contributed by atoms with van der Waals surface area (Å²) in [5.74, 6) is -0.239. The molecule has 0 unspecified atom stereocenters. The molecule has 0 radical (unpaired) electrons. The molecule has 0 atom stereocenters. The third-order valence-electron chi connectivity index (χ3n) is 4.88. The number of hydrogen-bond acceptors (Lipinski definition) is 3. The first-order valence-corrected chi connectivity index (χ1v) is 9.13. The Hall–Kier alpha value is -2.92. The average Bonchev–Trinajstić information content (AvgIpc) is 3.11. The maximum absolute atomic E-state index is 13.1. The summed E-state index contributed by atoms with van der Waals surface area (Å²) in [6.07, 6.45) is 0.698. The Kier molecular flexibility index (Phi) is 4.54. The molecule has 2 heterocycles. The van der Waals surface area contributed by atoms with Crippen LogP contribution in [0.1, 0.15) is 38.9 Å². The summed E-state index contributed by atoms with van der Waals surface area (Å²) in [6, 6.07) is 14.5. The lowest BCUT2D eigenvalue weighted by atomic mass is 9.98. The van der Waals surface area contributed by atoms with Gasteiger partial charge in [-0.1, -0.05) is 41.9 Å². The van der Waals surface area contributed by atoms with Crippen LogP contribution in [0.4, 0.5) is 0 Å². The van der Waals surface area contributed by atoms with E-state index in [4.69, 9.17) is 11.6 Å². The molecule has 1 aromatic heterocycles. The third-order valence-corrected chi connectivity index (χ3v) is 5.13. The highest BCUT2D eigenvalue weighted by Crippen LogP contribution is 2.30. The van der Waals surface area contributed by atoms with Crippen LogP contribution in [0.3, 0.4) is 0 Å². The van der Waals surface area contributed by atoms with Gasteiger partial charge in [-0.15, -0.1) is 0 Å². The molecular weight excluding hydrogens is 362 g/mol. The van der Waals surface area contributed by atoms with Crippen molar-refractivity contribution >= 4 is 23.3 Å². The van der Waals surface area contributed by atoms with E-state index in [2.05, 4.69) is 10.2 Å². The number of carbonyl (C=O) groups is 2. The molecule has 4 rings (SSSR count). The first-order valence-electron chi connectivity index (χ1n) is 8.76. The van der Waals surface area contributed by atoms with Gasteiger partial charge in [0, 0.05) is 46.9 Å². The number of benzene rings is 2. The number of ketones is 1. The van der Waals surface area contributed by atoms with Gasteiger partial charge < -0.3 is 4.90 Å². The van der Waals surface area contributed by atoms with Crippen LogP contribution in [-0.2, 0) is 13.0 Å². The van der Waals surface area contributed by atoms with Gasteiger partial charge in [-0.2, -0.15) is 5.10 Å². The fraction of sp³-hybridized carbons (Fsp3) is 0.190. The van der Waals surface area contributed by atoms with Crippen LogP contribution in [0.2, 0.25) is 5.02 Å². The number of Topliss-reactive ketones (excluding diaryl/α,β-unsaturated/α-hetero) is 1.